The van der Waals surface area contributed by atoms with Gasteiger partial charge in [0.1, 0.15) is 11.3 Å². The molecule has 3 aliphatic rings. The molecule has 3 aliphatic heterocycles. The lowest BCUT2D eigenvalue weighted by atomic mass is 9.84. The number of hydrogen-bond donors (Lipinski definition) is 1. The van der Waals surface area contributed by atoms with Crippen molar-refractivity contribution in [1.29, 1.82) is 0 Å². The Labute approximate surface area is 164 Å². The molecule has 5 heteroatoms. The van der Waals surface area contributed by atoms with Crippen LogP contribution in [0, 0.1) is 5.92 Å². The van der Waals surface area contributed by atoms with Crippen LogP contribution in [0.15, 0.2) is 52.9 Å². The minimum atomic E-state index is -0.115. The number of nitrogens with zero attached hydrogens (tertiary/aromatic N) is 1. The molecule has 4 heterocycles. The Kier molecular flexibility index (Phi) is 4.32. The van der Waals surface area contributed by atoms with Gasteiger partial charge in [-0.15, -0.1) is 0 Å². The average molecular weight is 376 g/mol. The van der Waals surface area contributed by atoms with Crippen molar-refractivity contribution in [2.24, 2.45) is 5.92 Å². The minimum absolute atomic E-state index is 0.115. The summed E-state index contributed by atoms with van der Waals surface area (Å²) in [7, 11) is 1.66. The Balaban J connectivity index is 1.42. The van der Waals surface area contributed by atoms with E-state index < -0.39 is 0 Å². The number of amides is 1. The van der Waals surface area contributed by atoms with E-state index in [-0.39, 0.29) is 11.9 Å². The van der Waals surface area contributed by atoms with E-state index in [2.05, 4.69) is 10.2 Å². The molecule has 3 saturated heterocycles. The standard InChI is InChI=1S/C23H24N2O3/c1-27-18-7-5-15(6-8-18)19-4-2-3-17-13-21(28-22(17)19)23(26)24-20-14-25-11-9-16(20)10-12-25/h2-8,13,16,20H,9-12,14H2,1H3,(H,24,26)/t20-/m1/s1. The second-order valence-electron chi connectivity index (χ2n) is 7.78. The molecule has 144 valence electrons. The molecule has 1 N–H and O–H groups in total. The number of nitrogens with one attached hydrogen (secondary N) is 1. The number of carbonyl (C=O) groups is 1. The Morgan fingerprint density at radius 2 is 1.93 bits per heavy atom. The van der Waals surface area contributed by atoms with Gasteiger partial charge in [-0.1, -0.05) is 30.3 Å². The van der Waals surface area contributed by atoms with Crippen LogP contribution in [0.2, 0.25) is 0 Å². The maximum atomic E-state index is 12.9. The third-order valence-corrected chi connectivity index (χ3v) is 6.14. The first-order chi connectivity index (χ1) is 13.7. The molecule has 1 aromatic heterocycles. The van der Waals surface area contributed by atoms with Crippen LogP contribution in [0.25, 0.3) is 22.1 Å². The summed E-state index contributed by atoms with van der Waals surface area (Å²) in [5.41, 5.74) is 2.75. The molecule has 2 aromatic carbocycles. The van der Waals surface area contributed by atoms with Gasteiger partial charge in [0.05, 0.1) is 7.11 Å². The van der Waals surface area contributed by atoms with Crippen LogP contribution in [0.1, 0.15) is 23.4 Å². The molecule has 3 aromatic rings. The number of hydrogen-bond acceptors (Lipinski definition) is 4. The topological polar surface area (TPSA) is 54.7 Å². The average Bonchev–Trinajstić information content (AvgIpc) is 3.19. The van der Waals surface area contributed by atoms with E-state index in [1.165, 1.54) is 12.8 Å². The van der Waals surface area contributed by atoms with E-state index in [1.807, 2.05) is 48.5 Å². The van der Waals surface area contributed by atoms with E-state index in [4.69, 9.17) is 9.15 Å². The molecule has 6 rings (SSSR count). The van der Waals surface area contributed by atoms with Gasteiger partial charge in [0.15, 0.2) is 5.76 Å². The summed E-state index contributed by atoms with van der Waals surface area (Å²) < 4.78 is 11.3. The fourth-order valence-corrected chi connectivity index (χ4v) is 4.54. The number of ether oxygens (including phenoxy) is 1. The highest BCUT2D eigenvalue weighted by Crippen LogP contribution is 2.32. The molecule has 2 bridgehead atoms. The van der Waals surface area contributed by atoms with Gasteiger partial charge in [-0.2, -0.15) is 0 Å². The lowest BCUT2D eigenvalue weighted by Crippen LogP contribution is -2.57. The molecule has 0 unspecified atom stereocenters. The quantitative estimate of drug-likeness (QED) is 0.750. The van der Waals surface area contributed by atoms with Crippen molar-refractivity contribution in [3.63, 3.8) is 0 Å². The summed E-state index contributed by atoms with van der Waals surface area (Å²) in [5, 5.41) is 4.15. The van der Waals surface area contributed by atoms with Gasteiger partial charge in [-0.25, -0.2) is 0 Å². The zero-order chi connectivity index (χ0) is 19.1. The Bertz CT molecular complexity index is 1000. The molecular weight excluding hydrogens is 352 g/mol. The minimum Gasteiger partial charge on any atom is -0.497 e. The molecule has 5 nitrogen and oxygen atoms in total. The molecule has 1 amide bonds. The number of fused-ring (bicyclic) bond motifs is 4. The number of methoxy groups -OCH3 is 1. The van der Waals surface area contributed by atoms with Gasteiger partial charge in [0.25, 0.3) is 5.91 Å². The second kappa shape index (κ2) is 6.99. The predicted octanol–water partition coefficient (Wildman–Crippen LogP) is 3.93. The Morgan fingerprint density at radius 3 is 2.61 bits per heavy atom. The van der Waals surface area contributed by atoms with Crippen molar-refractivity contribution in [3.8, 4) is 16.9 Å². The van der Waals surface area contributed by atoms with Gasteiger partial charge < -0.3 is 19.4 Å². The predicted molar refractivity (Wildman–Crippen MR) is 109 cm³/mol. The van der Waals surface area contributed by atoms with Crippen LogP contribution in [-0.4, -0.2) is 43.6 Å². The lowest BCUT2D eigenvalue weighted by Gasteiger charge is -2.44. The number of piperidine rings is 3. The number of furan rings is 1. The Hall–Kier alpha value is -2.79. The van der Waals surface area contributed by atoms with Crippen LogP contribution in [0.5, 0.6) is 5.75 Å². The summed E-state index contributed by atoms with van der Waals surface area (Å²) in [6, 6.07) is 15.9. The van der Waals surface area contributed by atoms with Gasteiger partial charge in [0, 0.05) is 23.5 Å². The zero-order valence-electron chi connectivity index (χ0n) is 16.0. The van der Waals surface area contributed by atoms with E-state index in [0.29, 0.717) is 11.7 Å². The molecule has 0 radical (unpaired) electrons. The molecule has 0 saturated carbocycles. The summed E-state index contributed by atoms with van der Waals surface area (Å²) in [4.78, 5) is 15.3. The maximum Gasteiger partial charge on any atom is 0.287 e. The van der Waals surface area contributed by atoms with E-state index in [0.717, 1.165) is 47.5 Å². The van der Waals surface area contributed by atoms with Crippen molar-refractivity contribution in [2.75, 3.05) is 26.7 Å². The first-order valence-electron chi connectivity index (χ1n) is 9.91. The van der Waals surface area contributed by atoms with Gasteiger partial charge in [0.2, 0.25) is 0 Å². The SMILES string of the molecule is COc1ccc(-c2cccc3cc(C(=O)N[C@@H]4CN5CCC4CC5)oc23)cc1. The normalized spacial score (nSPS) is 23.7. The highest BCUT2D eigenvalue weighted by atomic mass is 16.5. The fourth-order valence-electron chi connectivity index (χ4n) is 4.54. The first-order valence-corrected chi connectivity index (χ1v) is 9.91. The first kappa shape index (κ1) is 17.3. The van der Waals surface area contributed by atoms with Crippen LogP contribution >= 0.6 is 0 Å². The number of para-hydroxylation sites is 1. The van der Waals surface area contributed by atoms with Crippen LogP contribution in [-0.2, 0) is 0 Å². The van der Waals surface area contributed by atoms with Crippen molar-refractivity contribution in [3.05, 3.63) is 54.3 Å². The molecule has 3 fully saturated rings. The number of carbonyl (C=O) groups excluding carboxylic acids is 1. The number of benzene rings is 2. The highest BCUT2D eigenvalue weighted by Gasteiger charge is 2.35. The number of rotatable bonds is 4. The van der Waals surface area contributed by atoms with E-state index >= 15 is 0 Å². The van der Waals surface area contributed by atoms with Crippen LogP contribution < -0.4 is 10.1 Å². The molecule has 0 spiro atoms. The van der Waals surface area contributed by atoms with Gasteiger partial charge >= 0.3 is 0 Å². The zero-order valence-corrected chi connectivity index (χ0v) is 16.0. The highest BCUT2D eigenvalue weighted by molar-refractivity contribution is 6.00. The van der Waals surface area contributed by atoms with Gasteiger partial charge in [-0.05, 0) is 55.6 Å². The lowest BCUT2D eigenvalue weighted by molar-refractivity contribution is 0.0607. The molecule has 28 heavy (non-hydrogen) atoms. The van der Waals surface area contributed by atoms with Crippen molar-refractivity contribution >= 4 is 16.9 Å². The monoisotopic (exact) mass is 376 g/mol. The summed E-state index contributed by atoms with van der Waals surface area (Å²) in [6.45, 7) is 3.27. The van der Waals surface area contributed by atoms with Crippen LogP contribution in [0.4, 0.5) is 0 Å². The Morgan fingerprint density at radius 1 is 1.14 bits per heavy atom. The third-order valence-electron chi connectivity index (χ3n) is 6.14. The van der Waals surface area contributed by atoms with E-state index in [9.17, 15) is 4.79 Å². The van der Waals surface area contributed by atoms with E-state index in [1.54, 1.807) is 7.11 Å². The summed E-state index contributed by atoms with van der Waals surface area (Å²) in [5.74, 6) is 1.67. The smallest absolute Gasteiger partial charge is 0.287 e. The van der Waals surface area contributed by atoms with Crippen molar-refractivity contribution < 1.29 is 13.9 Å². The summed E-state index contributed by atoms with van der Waals surface area (Å²) >= 11 is 0. The molecular formula is C23H24N2O3. The molecule has 0 aliphatic carbocycles. The largest absolute Gasteiger partial charge is 0.497 e. The van der Waals surface area contributed by atoms with Crippen molar-refractivity contribution in [1.82, 2.24) is 10.2 Å². The van der Waals surface area contributed by atoms with Gasteiger partial charge in [-0.3, -0.25) is 4.79 Å². The maximum absolute atomic E-state index is 12.9. The summed E-state index contributed by atoms with van der Waals surface area (Å²) in [6.07, 6.45) is 2.35. The third kappa shape index (κ3) is 3.06. The fraction of sp³-hybridized carbons (Fsp3) is 0.348. The molecule has 1 atom stereocenters. The van der Waals surface area contributed by atoms with Crippen molar-refractivity contribution in [2.45, 2.75) is 18.9 Å². The van der Waals surface area contributed by atoms with Crippen LogP contribution in [0.3, 0.4) is 0 Å². The second-order valence-corrected chi connectivity index (χ2v) is 7.78.